The van der Waals surface area contributed by atoms with Crippen LogP contribution in [0, 0.1) is 0 Å². The van der Waals surface area contributed by atoms with Crippen molar-refractivity contribution in [3.8, 4) is 0 Å². The minimum Gasteiger partial charge on any atom is -0.430 e. The highest BCUT2D eigenvalue weighted by Gasteiger charge is 2.23. The van der Waals surface area contributed by atoms with Gasteiger partial charge in [0.2, 0.25) is 0 Å². The molecule has 0 saturated carbocycles. The predicted octanol–water partition coefficient (Wildman–Crippen LogP) is -0.462. The molecule has 0 aromatic heterocycles. The molecular weight excluding hydrogens is 194 g/mol. The molecule has 0 aromatic rings. The monoisotopic (exact) mass is 201 g/mol. The Morgan fingerprint density at radius 1 is 1.36 bits per heavy atom. The summed E-state index contributed by atoms with van der Waals surface area (Å²) in [4.78, 5) is 36.2. The molecule has 0 bridgehead atoms. The number of carbonyl (C=O) groups excluding carboxylic acids is 3. The van der Waals surface area contributed by atoms with E-state index in [1.54, 1.807) is 0 Å². The zero-order valence-electron chi connectivity index (χ0n) is 7.00. The van der Waals surface area contributed by atoms with Crippen molar-refractivity contribution in [1.82, 2.24) is 4.90 Å². The molecule has 1 rings (SSSR count). The number of rotatable bonds is 3. The average molecular weight is 201 g/mol. The van der Waals surface area contributed by atoms with Gasteiger partial charge in [0.25, 0.3) is 11.8 Å². The van der Waals surface area contributed by atoms with Crippen LogP contribution in [0.3, 0.4) is 0 Å². The van der Waals surface area contributed by atoms with Crippen molar-refractivity contribution in [2.75, 3.05) is 13.2 Å². The number of amides is 2. The number of carbonyl (C=O) groups is 3. The van der Waals surface area contributed by atoms with E-state index in [0.717, 1.165) is 17.1 Å². The van der Waals surface area contributed by atoms with Crippen molar-refractivity contribution in [2.24, 2.45) is 0 Å². The first-order valence-electron chi connectivity index (χ1n) is 3.67. The van der Waals surface area contributed by atoms with Crippen molar-refractivity contribution in [2.45, 2.75) is 0 Å². The zero-order chi connectivity index (χ0) is 10.6. The fourth-order valence-electron chi connectivity index (χ4n) is 0.898. The molecule has 0 unspecified atom stereocenters. The van der Waals surface area contributed by atoms with Gasteiger partial charge in [-0.1, -0.05) is 0 Å². The van der Waals surface area contributed by atoms with Crippen LogP contribution in [0.25, 0.3) is 0 Å². The molecule has 76 valence electrons. The van der Waals surface area contributed by atoms with Crippen LogP contribution in [-0.4, -0.2) is 41.3 Å². The topological polar surface area (TPSA) is 93.1 Å². The lowest BCUT2D eigenvalue weighted by Crippen LogP contribution is -2.33. The zero-order valence-corrected chi connectivity index (χ0v) is 7.00. The molecule has 0 spiro atoms. The molecule has 1 N–H and O–H groups in total. The second-order valence-electron chi connectivity index (χ2n) is 2.35. The minimum absolute atomic E-state index is 0.0697. The van der Waals surface area contributed by atoms with Gasteiger partial charge in [-0.25, -0.2) is 4.79 Å². The smallest absolute Gasteiger partial charge is 0.430 e. The summed E-state index contributed by atoms with van der Waals surface area (Å²) in [6.07, 6.45) is 0.955. The Bertz CT molecular complexity index is 279. The van der Waals surface area contributed by atoms with Crippen LogP contribution in [0.15, 0.2) is 12.2 Å². The lowest BCUT2D eigenvalue weighted by atomic mass is 10.5. The van der Waals surface area contributed by atoms with E-state index in [1.807, 2.05) is 0 Å². The van der Waals surface area contributed by atoms with Gasteiger partial charge in [-0.05, 0) is 0 Å². The molecule has 0 radical (unpaired) electrons. The van der Waals surface area contributed by atoms with Crippen LogP contribution < -0.4 is 0 Å². The maximum Gasteiger partial charge on any atom is 0.540 e. The third-order valence-electron chi connectivity index (χ3n) is 1.51. The van der Waals surface area contributed by atoms with Gasteiger partial charge in [-0.2, -0.15) is 5.26 Å². The maximum atomic E-state index is 10.9. The van der Waals surface area contributed by atoms with Crippen LogP contribution >= 0.6 is 0 Å². The SMILES string of the molecule is O=C(OO)OCCN1C(=O)C=CC1=O. The van der Waals surface area contributed by atoms with Crippen LogP contribution in [-0.2, 0) is 19.2 Å². The molecule has 0 saturated heterocycles. The summed E-state index contributed by atoms with van der Waals surface area (Å²) >= 11 is 0. The van der Waals surface area contributed by atoms with Crippen LogP contribution in [0.4, 0.5) is 4.79 Å². The van der Waals surface area contributed by atoms with Crippen molar-refractivity contribution in [3.05, 3.63) is 12.2 Å². The van der Waals surface area contributed by atoms with Crippen molar-refractivity contribution >= 4 is 18.0 Å². The number of nitrogens with zero attached hydrogens (tertiary/aromatic N) is 1. The molecule has 1 heterocycles. The third-order valence-corrected chi connectivity index (χ3v) is 1.51. The molecule has 2 amide bonds. The van der Waals surface area contributed by atoms with Crippen molar-refractivity contribution < 1.29 is 29.3 Å². The summed E-state index contributed by atoms with van der Waals surface area (Å²) in [5.74, 6) is -0.924. The molecule has 1 aliphatic rings. The maximum absolute atomic E-state index is 10.9. The second-order valence-corrected chi connectivity index (χ2v) is 2.35. The molecule has 0 aliphatic carbocycles. The van der Waals surface area contributed by atoms with E-state index in [4.69, 9.17) is 5.26 Å². The van der Waals surface area contributed by atoms with E-state index in [9.17, 15) is 14.4 Å². The molecule has 0 atom stereocenters. The summed E-state index contributed by atoms with van der Waals surface area (Å²) in [6, 6.07) is 0. The van der Waals surface area contributed by atoms with E-state index in [2.05, 4.69) is 9.62 Å². The highest BCUT2D eigenvalue weighted by atomic mass is 17.1. The highest BCUT2D eigenvalue weighted by Crippen LogP contribution is 2.02. The summed E-state index contributed by atoms with van der Waals surface area (Å²) in [5.41, 5.74) is 0. The summed E-state index contributed by atoms with van der Waals surface area (Å²) in [7, 11) is 0. The number of hydrogen-bond acceptors (Lipinski definition) is 6. The largest absolute Gasteiger partial charge is 0.540 e. The van der Waals surface area contributed by atoms with Crippen LogP contribution in [0.1, 0.15) is 0 Å². The van der Waals surface area contributed by atoms with Crippen LogP contribution in [0.2, 0.25) is 0 Å². The van der Waals surface area contributed by atoms with Gasteiger partial charge in [-0.3, -0.25) is 19.4 Å². The summed E-state index contributed by atoms with van der Waals surface area (Å²) in [5, 5.41) is 7.80. The van der Waals surface area contributed by atoms with E-state index in [0.29, 0.717) is 0 Å². The Hall–Kier alpha value is -1.89. The fraction of sp³-hybridized carbons (Fsp3) is 0.286. The average Bonchev–Trinajstić information content (AvgIpc) is 2.48. The minimum atomic E-state index is -1.28. The van der Waals surface area contributed by atoms with E-state index in [-0.39, 0.29) is 13.2 Å². The van der Waals surface area contributed by atoms with Crippen molar-refractivity contribution in [3.63, 3.8) is 0 Å². The number of ether oxygens (including phenoxy) is 1. The van der Waals surface area contributed by atoms with Crippen LogP contribution in [0.5, 0.6) is 0 Å². The lowest BCUT2D eigenvalue weighted by Gasteiger charge is -2.12. The predicted molar refractivity (Wildman–Crippen MR) is 40.9 cm³/mol. The first-order valence-corrected chi connectivity index (χ1v) is 3.67. The van der Waals surface area contributed by atoms with Crippen molar-refractivity contribution in [1.29, 1.82) is 0 Å². The Kier molecular flexibility index (Phi) is 3.19. The first kappa shape index (κ1) is 10.2. The Labute approximate surface area is 78.4 Å². The third kappa shape index (κ3) is 2.30. The highest BCUT2D eigenvalue weighted by molar-refractivity contribution is 6.12. The first-order chi connectivity index (χ1) is 6.65. The van der Waals surface area contributed by atoms with Gasteiger partial charge in [0.15, 0.2) is 0 Å². The standard InChI is InChI=1S/C7H7NO6/c9-5-1-2-6(10)8(5)3-4-13-7(11)14-12/h1-2,12H,3-4H2. The molecule has 0 fully saturated rings. The van der Waals surface area contributed by atoms with Gasteiger partial charge < -0.3 is 4.74 Å². The molecule has 0 aromatic carbocycles. The lowest BCUT2D eigenvalue weighted by molar-refractivity contribution is -0.200. The number of imide groups is 1. The van der Waals surface area contributed by atoms with E-state index >= 15 is 0 Å². The molecular formula is C7H7NO6. The van der Waals surface area contributed by atoms with Gasteiger partial charge >= 0.3 is 6.16 Å². The van der Waals surface area contributed by atoms with E-state index in [1.165, 1.54) is 0 Å². The molecule has 7 nitrogen and oxygen atoms in total. The number of hydrogen-bond donors (Lipinski definition) is 1. The van der Waals surface area contributed by atoms with Gasteiger partial charge in [0.1, 0.15) is 6.61 Å². The fourth-order valence-corrected chi connectivity index (χ4v) is 0.898. The summed E-state index contributed by atoms with van der Waals surface area (Å²) in [6.45, 7) is -0.293. The van der Waals surface area contributed by atoms with Gasteiger partial charge in [0.05, 0.1) is 6.54 Å². The molecule has 1 aliphatic heterocycles. The quantitative estimate of drug-likeness (QED) is 0.287. The Morgan fingerprint density at radius 2 is 1.93 bits per heavy atom. The second kappa shape index (κ2) is 4.38. The molecule has 14 heavy (non-hydrogen) atoms. The Morgan fingerprint density at radius 3 is 2.43 bits per heavy atom. The van der Waals surface area contributed by atoms with E-state index < -0.39 is 18.0 Å². The van der Waals surface area contributed by atoms with Gasteiger partial charge in [0, 0.05) is 12.2 Å². The molecule has 7 heteroatoms. The summed E-state index contributed by atoms with van der Waals surface area (Å²) < 4.78 is 4.26. The normalized spacial score (nSPS) is 14.8. The Balaban J connectivity index is 2.29. The van der Waals surface area contributed by atoms with Gasteiger partial charge in [-0.15, -0.1) is 0 Å².